The fraction of sp³-hybridized carbons (Fsp3) is 0.600. The average Bonchev–Trinajstić information content (AvgIpc) is 2.83. The highest BCUT2D eigenvalue weighted by Crippen LogP contribution is 2.32. The minimum absolute atomic E-state index is 0.0766. The summed E-state index contributed by atoms with van der Waals surface area (Å²) < 4.78 is 5.67. The zero-order valence-electron chi connectivity index (χ0n) is 11.0. The first-order valence-electron chi connectivity index (χ1n) is 6.87. The van der Waals surface area contributed by atoms with Gasteiger partial charge in [-0.15, -0.1) is 0 Å². The number of halogens is 1. The van der Waals surface area contributed by atoms with Gasteiger partial charge in [-0.2, -0.15) is 0 Å². The quantitative estimate of drug-likeness (QED) is 0.790. The summed E-state index contributed by atoms with van der Waals surface area (Å²) in [4.78, 5) is 0. The van der Waals surface area contributed by atoms with Gasteiger partial charge in [-0.25, -0.2) is 0 Å². The summed E-state index contributed by atoms with van der Waals surface area (Å²) in [6, 6.07) is 7.67. The number of hydrogen-bond acceptors (Lipinski definition) is 3. The molecular weight excluding hydrogens is 264 g/mol. The van der Waals surface area contributed by atoms with Crippen LogP contribution in [0.2, 0.25) is 5.02 Å². The maximum atomic E-state index is 10.2. The van der Waals surface area contributed by atoms with Crippen LogP contribution in [0.1, 0.15) is 37.7 Å². The molecule has 0 saturated heterocycles. The maximum Gasteiger partial charge on any atom is 0.165 e. The number of aliphatic hydroxyl groups is 2. The lowest BCUT2D eigenvalue weighted by Crippen LogP contribution is -2.35. The van der Waals surface area contributed by atoms with E-state index in [1.165, 1.54) is 0 Å². The van der Waals surface area contributed by atoms with Crippen LogP contribution >= 0.6 is 11.6 Å². The number of aryl methyl sites for hydroxylation is 1. The van der Waals surface area contributed by atoms with E-state index in [4.69, 9.17) is 16.3 Å². The first kappa shape index (κ1) is 14.8. The fourth-order valence-corrected chi connectivity index (χ4v) is 2.79. The van der Waals surface area contributed by atoms with Gasteiger partial charge < -0.3 is 14.9 Å². The first-order valence-corrected chi connectivity index (χ1v) is 7.25. The van der Waals surface area contributed by atoms with E-state index in [1.807, 2.05) is 24.3 Å². The Morgan fingerprint density at radius 2 is 1.95 bits per heavy atom. The summed E-state index contributed by atoms with van der Waals surface area (Å²) in [6.45, 7) is -0.0766. The minimum Gasteiger partial charge on any atom is -0.394 e. The molecule has 1 aliphatic rings. The van der Waals surface area contributed by atoms with Crippen LogP contribution in [0.15, 0.2) is 24.3 Å². The highest BCUT2D eigenvalue weighted by molar-refractivity contribution is 6.31. The highest BCUT2D eigenvalue weighted by Gasteiger charge is 2.34. The molecular formula is C15H21ClO3. The molecule has 0 aromatic heterocycles. The van der Waals surface area contributed by atoms with Crippen LogP contribution in [0.25, 0.3) is 0 Å². The molecule has 1 aromatic rings. The lowest BCUT2D eigenvalue weighted by molar-refractivity contribution is -0.231. The summed E-state index contributed by atoms with van der Waals surface area (Å²) in [6.07, 6.45) is 4.35. The molecule has 0 amide bonds. The SMILES string of the molecule is OC[C@H](CCc1ccccc1Cl)OC1(O)CCCC1. The van der Waals surface area contributed by atoms with Crippen molar-refractivity contribution in [3.05, 3.63) is 34.9 Å². The van der Waals surface area contributed by atoms with Crippen molar-refractivity contribution in [3.8, 4) is 0 Å². The second kappa shape index (κ2) is 6.71. The largest absolute Gasteiger partial charge is 0.394 e. The molecule has 4 heteroatoms. The lowest BCUT2D eigenvalue weighted by Gasteiger charge is -2.28. The zero-order valence-corrected chi connectivity index (χ0v) is 11.8. The molecule has 1 saturated carbocycles. The average molecular weight is 285 g/mol. The van der Waals surface area contributed by atoms with Gasteiger partial charge in [0, 0.05) is 17.9 Å². The smallest absolute Gasteiger partial charge is 0.165 e. The second-order valence-corrected chi connectivity index (χ2v) is 5.61. The standard InChI is InChI=1S/C15H21ClO3/c16-14-6-2-1-5-12(14)7-8-13(11-17)19-15(18)9-3-4-10-15/h1-2,5-6,13,17-18H,3-4,7-11H2/t13-/m0/s1. The number of rotatable bonds is 6. The molecule has 2 N–H and O–H groups in total. The predicted molar refractivity (Wildman–Crippen MR) is 75.1 cm³/mol. The molecule has 0 bridgehead atoms. The Hall–Kier alpha value is -0.610. The molecule has 1 atom stereocenters. The fourth-order valence-electron chi connectivity index (χ4n) is 2.56. The third-order valence-corrected chi connectivity index (χ3v) is 4.04. The Balaban J connectivity index is 1.87. The van der Waals surface area contributed by atoms with E-state index in [1.54, 1.807) is 0 Å². The monoisotopic (exact) mass is 284 g/mol. The molecule has 0 spiro atoms. The van der Waals surface area contributed by atoms with Gasteiger partial charge in [0.15, 0.2) is 5.79 Å². The van der Waals surface area contributed by atoms with Gasteiger partial charge in [0.2, 0.25) is 0 Å². The number of aliphatic hydroxyl groups excluding tert-OH is 1. The van der Waals surface area contributed by atoms with Crippen molar-refractivity contribution in [1.82, 2.24) is 0 Å². The molecule has 0 radical (unpaired) electrons. The molecule has 106 valence electrons. The van der Waals surface area contributed by atoms with Crippen molar-refractivity contribution in [1.29, 1.82) is 0 Å². The molecule has 1 aliphatic carbocycles. The van der Waals surface area contributed by atoms with Crippen molar-refractivity contribution >= 4 is 11.6 Å². The van der Waals surface area contributed by atoms with E-state index in [0.29, 0.717) is 19.3 Å². The van der Waals surface area contributed by atoms with Gasteiger partial charge in [0.25, 0.3) is 0 Å². The van der Waals surface area contributed by atoms with Gasteiger partial charge in [-0.3, -0.25) is 0 Å². The van der Waals surface area contributed by atoms with Crippen LogP contribution in [-0.4, -0.2) is 28.7 Å². The molecule has 1 aromatic carbocycles. The van der Waals surface area contributed by atoms with E-state index in [2.05, 4.69) is 0 Å². The Bertz CT molecular complexity index is 402. The molecule has 0 aliphatic heterocycles. The Morgan fingerprint density at radius 1 is 1.26 bits per heavy atom. The summed E-state index contributed by atoms with van der Waals surface area (Å²) in [7, 11) is 0. The van der Waals surface area contributed by atoms with Crippen molar-refractivity contribution in [2.75, 3.05) is 6.61 Å². The Kier molecular flexibility index (Phi) is 5.22. The normalized spacial score (nSPS) is 19.5. The summed E-state index contributed by atoms with van der Waals surface area (Å²) in [5.74, 6) is -1.03. The molecule has 0 heterocycles. The van der Waals surface area contributed by atoms with Crippen LogP contribution in [0.3, 0.4) is 0 Å². The number of ether oxygens (including phenoxy) is 1. The van der Waals surface area contributed by atoms with E-state index in [9.17, 15) is 10.2 Å². The van der Waals surface area contributed by atoms with Crippen LogP contribution in [0.5, 0.6) is 0 Å². The number of hydrogen-bond donors (Lipinski definition) is 2. The molecule has 2 rings (SSSR count). The van der Waals surface area contributed by atoms with Gasteiger partial charge in [0.1, 0.15) is 0 Å². The van der Waals surface area contributed by atoms with E-state index < -0.39 is 5.79 Å². The van der Waals surface area contributed by atoms with Crippen molar-refractivity contribution in [2.45, 2.75) is 50.4 Å². The Labute approximate surface area is 119 Å². The van der Waals surface area contributed by atoms with Crippen LogP contribution in [-0.2, 0) is 11.2 Å². The molecule has 19 heavy (non-hydrogen) atoms. The van der Waals surface area contributed by atoms with E-state index in [0.717, 1.165) is 29.8 Å². The number of benzene rings is 1. The summed E-state index contributed by atoms with van der Waals surface area (Å²) in [5, 5.41) is 20.3. The highest BCUT2D eigenvalue weighted by atomic mass is 35.5. The van der Waals surface area contributed by atoms with Gasteiger partial charge in [0.05, 0.1) is 12.7 Å². The molecule has 1 fully saturated rings. The second-order valence-electron chi connectivity index (χ2n) is 5.21. The van der Waals surface area contributed by atoms with Crippen LogP contribution in [0, 0.1) is 0 Å². The van der Waals surface area contributed by atoms with E-state index >= 15 is 0 Å². The predicted octanol–water partition coefficient (Wildman–Crippen LogP) is 2.91. The van der Waals surface area contributed by atoms with Gasteiger partial charge >= 0.3 is 0 Å². The summed E-state index contributed by atoms with van der Waals surface area (Å²) >= 11 is 6.10. The van der Waals surface area contributed by atoms with Gasteiger partial charge in [-0.05, 0) is 37.3 Å². The van der Waals surface area contributed by atoms with Crippen molar-refractivity contribution in [3.63, 3.8) is 0 Å². The Morgan fingerprint density at radius 3 is 2.58 bits per heavy atom. The van der Waals surface area contributed by atoms with Crippen LogP contribution < -0.4 is 0 Å². The third kappa shape index (κ3) is 4.18. The lowest BCUT2D eigenvalue weighted by atomic mass is 10.1. The first-order chi connectivity index (χ1) is 9.13. The van der Waals surface area contributed by atoms with Crippen LogP contribution in [0.4, 0.5) is 0 Å². The molecule has 3 nitrogen and oxygen atoms in total. The van der Waals surface area contributed by atoms with Gasteiger partial charge in [-0.1, -0.05) is 29.8 Å². The zero-order chi connectivity index (χ0) is 13.7. The van der Waals surface area contributed by atoms with Crippen molar-refractivity contribution < 1.29 is 14.9 Å². The third-order valence-electron chi connectivity index (χ3n) is 3.67. The molecule has 0 unspecified atom stereocenters. The minimum atomic E-state index is -1.03. The maximum absolute atomic E-state index is 10.2. The van der Waals surface area contributed by atoms with Crippen molar-refractivity contribution in [2.24, 2.45) is 0 Å². The summed E-state index contributed by atoms with van der Waals surface area (Å²) in [5.41, 5.74) is 1.05. The van der Waals surface area contributed by atoms with E-state index in [-0.39, 0.29) is 12.7 Å². The topological polar surface area (TPSA) is 49.7 Å².